The van der Waals surface area contributed by atoms with Gasteiger partial charge in [-0.1, -0.05) is 19.8 Å². The van der Waals surface area contributed by atoms with E-state index in [0.29, 0.717) is 12.1 Å². The van der Waals surface area contributed by atoms with Crippen molar-refractivity contribution in [2.45, 2.75) is 71.5 Å². The number of hydrogen-bond donors (Lipinski definition) is 1. The summed E-state index contributed by atoms with van der Waals surface area (Å²) in [6, 6.07) is 1.05. The van der Waals surface area contributed by atoms with E-state index in [-0.39, 0.29) is 0 Å². The van der Waals surface area contributed by atoms with Gasteiger partial charge in [-0.15, -0.1) is 0 Å². The van der Waals surface area contributed by atoms with E-state index in [0.717, 1.165) is 18.3 Å². The lowest BCUT2D eigenvalue weighted by molar-refractivity contribution is 0.423. The molecule has 4 heteroatoms. The van der Waals surface area contributed by atoms with Crippen molar-refractivity contribution in [1.82, 2.24) is 20.1 Å². The van der Waals surface area contributed by atoms with E-state index >= 15 is 0 Å². The molecule has 2 rings (SSSR count). The normalized spacial score (nSPS) is 25.3. The maximum Gasteiger partial charge on any atom is 0.141 e. The predicted octanol–water partition coefficient (Wildman–Crippen LogP) is 2.92. The maximum absolute atomic E-state index is 4.35. The van der Waals surface area contributed by atoms with E-state index in [9.17, 15) is 0 Å². The molecule has 1 heterocycles. The maximum atomic E-state index is 4.35. The van der Waals surface area contributed by atoms with Gasteiger partial charge in [0, 0.05) is 12.1 Å². The average molecular weight is 250 g/mol. The summed E-state index contributed by atoms with van der Waals surface area (Å²) in [5.41, 5.74) is 0. The second-order valence-electron chi connectivity index (χ2n) is 5.91. The Kier molecular flexibility index (Phi) is 4.75. The lowest BCUT2D eigenvalue weighted by Gasteiger charge is -2.17. The summed E-state index contributed by atoms with van der Waals surface area (Å²) in [6.07, 6.45) is 8.37. The first-order chi connectivity index (χ1) is 8.66. The Balaban J connectivity index is 1.85. The molecule has 18 heavy (non-hydrogen) atoms. The number of nitrogens with zero attached hydrogens (tertiary/aromatic N) is 3. The fourth-order valence-corrected chi connectivity index (χ4v) is 2.76. The standard InChI is InChI=1S/C14H26N4/c1-11(2)18-14(16-10-17-18)9-15-13-6-4-5-12(3)7-8-13/h10-13,15H,4-9H2,1-3H3. The Morgan fingerprint density at radius 1 is 1.33 bits per heavy atom. The molecular formula is C14H26N4. The number of nitrogens with one attached hydrogen (secondary N) is 1. The second-order valence-corrected chi connectivity index (χ2v) is 5.91. The Labute approximate surface area is 110 Å². The van der Waals surface area contributed by atoms with Crippen LogP contribution in [0, 0.1) is 5.92 Å². The quantitative estimate of drug-likeness (QED) is 0.836. The van der Waals surface area contributed by atoms with Crippen molar-refractivity contribution in [2.24, 2.45) is 5.92 Å². The third-order valence-electron chi connectivity index (χ3n) is 3.94. The van der Waals surface area contributed by atoms with E-state index < -0.39 is 0 Å². The fourth-order valence-electron chi connectivity index (χ4n) is 2.76. The molecule has 1 aliphatic rings. The highest BCUT2D eigenvalue weighted by molar-refractivity contribution is 4.87. The molecule has 2 unspecified atom stereocenters. The van der Waals surface area contributed by atoms with E-state index in [1.807, 2.05) is 4.68 Å². The molecule has 0 amide bonds. The van der Waals surface area contributed by atoms with Gasteiger partial charge in [0.05, 0.1) is 6.54 Å². The fraction of sp³-hybridized carbons (Fsp3) is 0.857. The summed E-state index contributed by atoms with van der Waals surface area (Å²) in [5.74, 6) is 1.96. The Bertz CT molecular complexity index is 358. The molecule has 1 N–H and O–H groups in total. The molecule has 0 aliphatic heterocycles. The molecule has 1 fully saturated rings. The van der Waals surface area contributed by atoms with Crippen molar-refractivity contribution in [3.63, 3.8) is 0 Å². The SMILES string of the molecule is CC1CCCC(NCc2ncnn2C(C)C)CC1. The van der Waals surface area contributed by atoms with Gasteiger partial charge in [0.25, 0.3) is 0 Å². The van der Waals surface area contributed by atoms with Gasteiger partial charge in [-0.05, 0) is 39.0 Å². The van der Waals surface area contributed by atoms with Crippen LogP contribution in [0.2, 0.25) is 0 Å². The summed E-state index contributed by atoms with van der Waals surface area (Å²) in [4.78, 5) is 4.35. The molecule has 0 saturated heterocycles. The molecule has 0 aromatic carbocycles. The molecule has 0 spiro atoms. The minimum absolute atomic E-state index is 0.387. The third kappa shape index (κ3) is 3.55. The summed E-state index contributed by atoms with van der Waals surface area (Å²) in [5, 5.41) is 7.93. The van der Waals surface area contributed by atoms with Gasteiger partial charge in [-0.3, -0.25) is 0 Å². The number of rotatable bonds is 4. The van der Waals surface area contributed by atoms with Crippen LogP contribution in [0.5, 0.6) is 0 Å². The summed E-state index contributed by atoms with van der Waals surface area (Å²) < 4.78 is 2.01. The van der Waals surface area contributed by atoms with Crippen LogP contribution in [0.4, 0.5) is 0 Å². The lowest BCUT2D eigenvalue weighted by Crippen LogP contribution is -2.29. The van der Waals surface area contributed by atoms with Crippen LogP contribution in [0.15, 0.2) is 6.33 Å². The van der Waals surface area contributed by atoms with Gasteiger partial charge in [-0.25, -0.2) is 9.67 Å². The van der Waals surface area contributed by atoms with Crippen molar-refractivity contribution < 1.29 is 0 Å². The molecular weight excluding hydrogens is 224 g/mol. The summed E-state index contributed by atoms with van der Waals surface area (Å²) in [6.45, 7) is 7.51. The van der Waals surface area contributed by atoms with E-state index in [1.54, 1.807) is 6.33 Å². The van der Waals surface area contributed by atoms with Crippen LogP contribution >= 0.6 is 0 Å². The predicted molar refractivity (Wildman–Crippen MR) is 73.3 cm³/mol. The third-order valence-corrected chi connectivity index (χ3v) is 3.94. The highest BCUT2D eigenvalue weighted by Crippen LogP contribution is 2.22. The van der Waals surface area contributed by atoms with Gasteiger partial charge in [-0.2, -0.15) is 5.10 Å². The van der Waals surface area contributed by atoms with Crippen molar-refractivity contribution in [3.05, 3.63) is 12.2 Å². The van der Waals surface area contributed by atoms with Crippen LogP contribution in [0.25, 0.3) is 0 Å². The highest BCUT2D eigenvalue weighted by Gasteiger charge is 2.16. The molecule has 1 saturated carbocycles. The average Bonchev–Trinajstić information content (AvgIpc) is 2.71. The van der Waals surface area contributed by atoms with Gasteiger partial charge in [0.1, 0.15) is 12.2 Å². The van der Waals surface area contributed by atoms with Crippen molar-refractivity contribution in [3.8, 4) is 0 Å². The zero-order valence-electron chi connectivity index (χ0n) is 11.9. The lowest BCUT2D eigenvalue weighted by atomic mass is 10.0. The zero-order chi connectivity index (χ0) is 13.0. The van der Waals surface area contributed by atoms with Crippen LogP contribution in [0.1, 0.15) is 64.7 Å². The van der Waals surface area contributed by atoms with Crippen molar-refractivity contribution in [1.29, 1.82) is 0 Å². The first kappa shape index (κ1) is 13.5. The first-order valence-electron chi connectivity index (χ1n) is 7.28. The Morgan fingerprint density at radius 2 is 2.17 bits per heavy atom. The van der Waals surface area contributed by atoms with Gasteiger partial charge in [0.15, 0.2) is 0 Å². The van der Waals surface area contributed by atoms with Crippen molar-refractivity contribution >= 4 is 0 Å². The Hall–Kier alpha value is -0.900. The molecule has 0 radical (unpaired) electrons. The molecule has 0 bridgehead atoms. The zero-order valence-corrected chi connectivity index (χ0v) is 11.9. The van der Waals surface area contributed by atoms with Crippen LogP contribution in [-0.2, 0) is 6.54 Å². The molecule has 1 aromatic rings. The minimum Gasteiger partial charge on any atom is -0.307 e. The largest absolute Gasteiger partial charge is 0.307 e. The minimum atomic E-state index is 0.387. The van der Waals surface area contributed by atoms with Crippen molar-refractivity contribution in [2.75, 3.05) is 0 Å². The number of hydrogen-bond acceptors (Lipinski definition) is 3. The van der Waals surface area contributed by atoms with E-state index in [2.05, 4.69) is 36.2 Å². The Morgan fingerprint density at radius 3 is 2.94 bits per heavy atom. The first-order valence-corrected chi connectivity index (χ1v) is 7.28. The van der Waals surface area contributed by atoms with Crippen LogP contribution < -0.4 is 5.32 Å². The van der Waals surface area contributed by atoms with Gasteiger partial charge >= 0.3 is 0 Å². The molecule has 1 aromatic heterocycles. The van der Waals surface area contributed by atoms with Gasteiger partial charge in [0.2, 0.25) is 0 Å². The van der Waals surface area contributed by atoms with Crippen LogP contribution in [-0.4, -0.2) is 20.8 Å². The molecule has 4 nitrogen and oxygen atoms in total. The number of aromatic nitrogens is 3. The second kappa shape index (κ2) is 6.32. The van der Waals surface area contributed by atoms with Crippen LogP contribution in [0.3, 0.4) is 0 Å². The molecule has 102 valence electrons. The monoisotopic (exact) mass is 250 g/mol. The van der Waals surface area contributed by atoms with Gasteiger partial charge < -0.3 is 5.32 Å². The highest BCUT2D eigenvalue weighted by atomic mass is 15.4. The molecule has 1 aliphatic carbocycles. The topological polar surface area (TPSA) is 42.7 Å². The summed E-state index contributed by atoms with van der Waals surface area (Å²) in [7, 11) is 0. The van der Waals surface area contributed by atoms with E-state index in [4.69, 9.17) is 0 Å². The smallest absolute Gasteiger partial charge is 0.141 e. The molecule has 2 atom stereocenters. The van der Waals surface area contributed by atoms with E-state index in [1.165, 1.54) is 32.1 Å². The summed E-state index contributed by atoms with van der Waals surface area (Å²) >= 11 is 0.